The zero-order chi connectivity index (χ0) is 13.1. The van der Waals surface area contributed by atoms with Gasteiger partial charge in [-0.15, -0.1) is 27.6 Å². The van der Waals surface area contributed by atoms with Crippen LogP contribution in [0, 0.1) is 0 Å². The van der Waals surface area contributed by atoms with Crippen molar-refractivity contribution < 1.29 is 18.4 Å². The summed E-state index contributed by atoms with van der Waals surface area (Å²) >= 11 is 2.73. The second kappa shape index (κ2) is 5.90. The van der Waals surface area contributed by atoms with Gasteiger partial charge in [0.15, 0.2) is 0 Å². The van der Waals surface area contributed by atoms with Crippen molar-refractivity contribution in [3.05, 3.63) is 21.5 Å². The molecule has 0 spiro atoms. The van der Waals surface area contributed by atoms with Crippen LogP contribution in [-0.2, 0) is 15.5 Å². The Morgan fingerprint density at radius 1 is 1.50 bits per heavy atom. The Bertz CT molecular complexity index is 560. The van der Waals surface area contributed by atoms with Gasteiger partial charge in [0.1, 0.15) is 16.4 Å². The highest BCUT2D eigenvalue weighted by atomic mass is 32.1. The number of hydrogen-bond acceptors (Lipinski definition) is 6. The Morgan fingerprint density at radius 3 is 2.89 bits per heavy atom. The first-order valence-corrected chi connectivity index (χ1v) is 7.86. The minimum atomic E-state index is -2.98. The van der Waals surface area contributed by atoms with Crippen LogP contribution in [0.4, 0.5) is 4.39 Å². The number of alkyl halides is 1. The molecule has 9 heteroatoms. The lowest BCUT2D eigenvalue weighted by Gasteiger charge is -1.93. The van der Waals surface area contributed by atoms with Crippen molar-refractivity contribution in [2.24, 2.45) is 0 Å². The third-order valence-corrected chi connectivity index (χ3v) is 4.25. The quantitative estimate of drug-likeness (QED) is 0.856. The highest BCUT2D eigenvalue weighted by molar-refractivity contribution is 7.32. The van der Waals surface area contributed by atoms with E-state index in [0.29, 0.717) is 10.7 Å². The molecule has 2 unspecified atom stereocenters. The summed E-state index contributed by atoms with van der Waals surface area (Å²) < 4.78 is 27.8. The normalized spacial score (nSPS) is 13.6. The third kappa shape index (κ3) is 3.15. The molecule has 0 aliphatic rings. The summed E-state index contributed by atoms with van der Waals surface area (Å²) in [5.41, 5.74) is 0.673. The molecular weight excluding hydrogens is 298 g/mol. The van der Waals surface area contributed by atoms with Gasteiger partial charge in [0, 0.05) is 15.3 Å². The molecule has 0 amide bonds. The van der Waals surface area contributed by atoms with Crippen LogP contribution in [-0.4, -0.2) is 14.9 Å². The average Bonchev–Trinajstić information content (AvgIpc) is 2.96. The molecule has 0 saturated heterocycles. The van der Waals surface area contributed by atoms with Crippen LogP contribution in [0.1, 0.15) is 24.0 Å². The van der Waals surface area contributed by atoms with Crippen LogP contribution in [0.3, 0.4) is 0 Å². The zero-order valence-electron chi connectivity index (χ0n) is 9.24. The van der Waals surface area contributed by atoms with Gasteiger partial charge in [-0.1, -0.05) is 11.4 Å². The molecule has 2 rings (SSSR count). The Balaban J connectivity index is 2.17. The molecule has 0 saturated carbocycles. The molecular formula is C9H9FN2O3PS2+. The van der Waals surface area contributed by atoms with Gasteiger partial charge in [-0.3, -0.25) is 0 Å². The van der Waals surface area contributed by atoms with E-state index in [4.69, 9.17) is 4.89 Å². The van der Waals surface area contributed by atoms with Crippen molar-refractivity contribution in [2.75, 3.05) is 0 Å². The first-order valence-electron chi connectivity index (χ1n) is 4.97. The van der Waals surface area contributed by atoms with E-state index in [1.165, 1.54) is 28.1 Å². The fourth-order valence-electron chi connectivity index (χ4n) is 1.21. The molecule has 0 bridgehead atoms. The molecule has 2 heterocycles. The molecule has 5 nitrogen and oxygen atoms in total. The lowest BCUT2D eigenvalue weighted by Crippen LogP contribution is -1.92. The second-order valence-corrected chi connectivity index (χ2v) is 5.70. The number of thiazole rings is 2. The van der Waals surface area contributed by atoms with Crippen LogP contribution < -0.4 is 0 Å². The van der Waals surface area contributed by atoms with E-state index in [9.17, 15) is 8.96 Å². The van der Waals surface area contributed by atoms with Crippen LogP contribution in [0.2, 0.25) is 0 Å². The van der Waals surface area contributed by atoms with Crippen LogP contribution in [0.25, 0.3) is 10.7 Å². The Labute approximate surface area is 111 Å². The standard InChI is InChI=1S/C9H8FN2O3PS2/c1-2-7-11-6(4-17-7)9-12-5(3-18-9)8(10)15-16(13)14/h3-4,8H,2H2,1H3/p+1. The molecule has 0 radical (unpaired) electrons. The summed E-state index contributed by atoms with van der Waals surface area (Å²) in [5.74, 6) is 0. The van der Waals surface area contributed by atoms with Gasteiger partial charge >= 0.3 is 8.25 Å². The van der Waals surface area contributed by atoms with E-state index < -0.39 is 14.6 Å². The monoisotopic (exact) mass is 307 g/mol. The molecule has 1 N–H and O–H groups in total. The molecule has 0 aromatic carbocycles. The van der Waals surface area contributed by atoms with Crippen molar-refractivity contribution in [3.63, 3.8) is 0 Å². The van der Waals surface area contributed by atoms with Crippen LogP contribution in [0.5, 0.6) is 0 Å². The van der Waals surface area contributed by atoms with Crippen LogP contribution in [0.15, 0.2) is 10.8 Å². The van der Waals surface area contributed by atoms with E-state index in [-0.39, 0.29) is 5.69 Å². The predicted molar refractivity (Wildman–Crippen MR) is 67.4 cm³/mol. The van der Waals surface area contributed by atoms with Gasteiger partial charge in [0.25, 0.3) is 6.36 Å². The first-order chi connectivity index (χ1) is 8.60. The summed E-state index contributed by atoms with van der Waals surface area (Å²) in [6, 6.07) is 0. The zero-order valence-corrected chi connectivity index (χ0v) is 11.8. The van der Waals surface area contributed by atoms with Crippen molar-refractivity contribution >= 4 is 30.9 Å². The SMILES string of the molecule is CCc1nc(-c2nc(C(F)O[P+](=O)O)cs2)cs1. The minimum absolute atomic E-state index is 0.0153. The Kier molecular flexibility index (Phi) is 4.47. The number of aryl methyl sites for hydroxylation is 1. The highest BCUT2D eigenvalue weighted by Gasteiger charge is 2.26. The predicted octanol–water partition coefficient (Wildman–Crippen LogP) is 3.46. The second-order valence-electron chi connectivity index (χ2n) is 3.22. The van der Waals surface area contributed by atoms with E-state index in [2.05, 4.69) is 14.5 Å². The number of halogens is 1. The number of hydrogen-bond donors (Lipinski definition) is 1. The molecule has 0 aliphatic carbocycles. The highest BCUT2D eigenvalue weighted by Crippen LogP contribution is 2.33. The van der Waals surface area contributed by atoms with Crippen molar-refractivity contribution in [3.8, 4) is 10.7 Å². The van der Waals surface area contributed by atoms with E-state index in [1.54, 1.807) is 0 Å². The van der Waals surface area contributed by atoms with Gasteiger partial charge in [-0.25, -0.2) is 14.4 Å². The number of rotatable bonds is 5. The average molecular weight is 307 g/mol. The van der Waals surface area contributed by atoms with E-state index in [1.807, 2.05) is 12.3 Å². The summed E-state index contributed by atoms with van der Waals surface area (Å²) in [5, 5.41) is 4.85. The minimum Gasteiger partial charge on any atom is -0.239 e. The van der Waals surface area contributed by atoms with Crippen molar-refractivity contribution in [1.82, 2.24) is 9.97 Å². The van der Waals surface area contributed by atoms with E-state index in [0.717, 1.165) is 11.4 Å². The fourth-order valence-corrected chi connectivity index (χ4v) is 3.06. The maximum Gasteiger partial charge on any atom is 0.698 e. The number of nitrogens with zero attached hydrogens (tertiary/aromatic N) is 2. The molecule has 2 aromatic rings. The molecule has 0 aliphatic heterocycles. The molecule has 96 valence electrons. The van der Waals surface area contributed by atoms with Gasteiger partial charge in [-0.2, -0.15) is 0 Å². The summed E-state index contributed by atoms with van der Waals surface area (Å²) in [6.07, 6.45) is -1.16. The molecule has 2 atom stereocenters. The lowest BCUT2D eigenvalue weighted by atomic mass is 10.4. The topological polar surface area (TPSA) is 72.3 Å². The summed E-state index contributed by atoms with van der Waals surface area (Å²) in [4.78, 5) is 16.8. The summed E-state index contributed by atoms with van der Waals surface area (Å²) in [7, 11) is -2.98. The van der Waals surface area contributed by atoms with Gasteiger partial charge < -0.3 is 0 Å². The molecule has 0 fully saturated rings. The molecule has 18 heavy (non-hydrogen) atoms. The van der Waals surface area contributed by atoms with Gasteiger partial charge in [-0.05, 0) is 6.42 Å². The van der Waals surface area contributed by atoms with E-state index >= 15 is 0 Å². The first kappa shape index (κ1) is 13.6. The number of aromatic nitrogens is 2. The summed E-state index contributed by atoms with van der Waals surface area (Å²) in [6.45, 7) is 2.00. The Hall–Kier alpha value is -0.790. The molecule has 2 aromatic heterocycles. The van der Waals surface area contributed by atoms with Gasteiger partial charge in [0.05, 0.1) is 5.01 Å². The maximum atomic E-state index is 13.3. The Morgan fingerprint density at radius 2 is 2.28 bits per heavy atom. The maximum absolute atomic E-state index is 13.3. The van der Waals surface area contributed by atoms with Crippen molar-refractivity contribution in [2.45, 2.75) is 19.7 Å². The third-order valence-electron chi connectivity index (χ3n) is 2.01. The van der Waals surface area contributed by atoms with Crippen LogP contribution >= 0.6 is 30.9 Å². The fraction of sp³-hybridized carbons (Fsp3) is 0.333. The van der Waals surface area contributed by atoms with Gasteiger partial charge in [0.2, 0.25) is 0 Å². The van der Waals surface area contributed by atoms with Crippen molar-refractivity contribution in [1.29, 1.82) is 0 Å². The lowest BCUT2D eigenvalue weighted by molar-refractivity contribution is 0.0602. The largest absolute Gasteiger partial charge is 0.698 e. The smallest absolute Gasteiger partial charge is 0.239 e.